The van der Waals surface area contributed by atoms with Gasteiger partial charge >= 0.3 is 23.3 Å². The Labute approximate surface area is 177 Å². The van der Waals surface area contributed by atoms with Crippen molar-refractivity contribution in [1.82, 2.24) is 13.9 Å². The molecule has 1 aliphatic heterocycles. The molecular weight excluding hydrogens is 402 g/mol. The second-order valence-corrected chi connectivity index (χ2v) is 7.37. The molecule has 0 radical (unpaired) electrons. The van der Waals surface area contributed by atoms with E-state index in [1.54, 1.807) is 42.5 Å². The number of hydrogen-bond donors (Lipinski definition) is 0. The van der Waals surface area contributed by atoms with E-state index in [9.17, 15) is 19.2 Å². The topological polar surface area (TPSA) is 102 Å². The van der Waals surface area contributed by atoms with Crippen molar-refractivity contribution in [3.63, 3.8) is 0 Å². The Morgan fingerprint density at radius 1 is 0.903 bits per heavy atom. The normalized spacial score (nSPS) is 16.5. The van der Waals surface area contributed by atoms with Gasteiger partial charge in [0.05, 0.1) is 25.9 Å². The van der Waals surface area contributed by atoms with E-state index in [0.29, 0.717) is 11.3 Å². The van der Waals surface area contributed by atoms with Crippen LogP contribution in [-0.4, -0.2) is 40.1 Å². The fraction of sp³-hybridized carbons (Fsp3) is 0.273. The fourth-order valence-electron chi connectivity index (χ4n) is 4.14. The first kappa shape index (κ1) is 20.4. The number of fused-ring (bicyclic) bond motifs is 1. The summed E-state index contributed by atoms with van der Waals surface area (Å²) in [5, 5.41) is 0. The highest BCUT2D eigenvalue weighted by atomic mass is 16.5. The average Bonchev–Trinajstić information content (AvgIpc) is 3.28. The molecule has 3 aromatic rings. The van der Waals surface area contributed by atoms with E-state index in [2.05, 4.69) is 0 Å². The largest absolute Gasteiger partial charge is 0.467 e. The zero-order chi connectivity index (χ0) is 22.3. The summed E-state index contributed by atoms with van der Waals surface area (Å²) in [6.45, 7) is 1.92. The van der Waals surface area contributed by atoms with E-state index in [4.69, 9.17) is 9.47 Å². The lowest BCUT2D eigenvalue weighted by Gasteiger charge is -2.23. The zero-order valence-electron chi connectivity index (χ0n) is 17.3. The number of rotatable bonds is 4. The lowest BCUT2D eigenvalue weighted by atomic mass is 9.89. The zero-order valence-corrected chi connectivity index (χ0v) is 17.3. The van der Waals surface area contributed by atoms with Gasteiger partial charge in [-0.15, -0.1) is 0 Å². The van der Waals surface area contributed by atoms with Crippen LogP contribution in [0.2, 0.25) is 0 Å². The van der Waals surface area contributed by atoms with Crippen LogP contribution in [0.4, 0.5) is 0 Å². The van der Waals surface area contributed by atoms with Crippen molar-refractivity contribution >= 4 is 11.9 Å². The fourth-order valence-corrected chi connectivity index (χ4v) is 4.14. The van der Waals surface area contributed by atoms with E-state index in [0.717, 1.165) is 33.7 Å². The molecule has 0 N–H and O–H groups in total. The molecule has 31 heavy (non-hydrogen) atoms. The molecule has 1 atom stereocenters. The van der Waals surface area contributed by atoms with Gasteiger partial charge in [-0.2, -0.15) is 0 Å². The van der Waals surface area contributed by atoms with Crippen LogP contribution in [0.5, 0.6) is 0 Å². The SMILES string of the molecule is COC(=O)C1(C(=O)OC)CC(c2ccc(C)cc2)n2c(=O)n(-c3ccccc3)c(=O)n21. The number of hydrogen-bond acceptors (Lipinski definition) is 6. The molecule has 9 nitrogen and oxygen atoms in total. The Hall–Kier alpha value is -3.88. The molecule has 0 bridgehead atoms. The molecule has 0 saturated heterocycles. The highest BCUT2D eigenvalue weighted by molar-refractivity contribution is 6.02. The van der Waals surface area contributed by atoms with Crippen LogP contribution in [0, 0.1) is 6.92 Å². The van der Waals surface area contributed by atoms with E-state index >= 15 is 0 Å². The molecule has 0 amide bonds. The Bertz CT molecular complexity index is 1250. The number of carbonyl (C=O) groups excluding carboxylic acids is 2. The molecule has 2 aromatic carbocycles. The van der Waals surface area contributed by atoms with E-state index in [-0.39, 0.29) is 6.42 Å². The Balaban J connectivity index is 2.08. The van der Waals surface area contributed by atoms with Crippen LogP contribution in [0.15, 0.2) is 64.2 Å². The Morgan fingerprint density at radius 3 is 2.03 bits per heavy atom. The minimum atomic E-state index is -2.13. The number of nitrogens with zero attached hydrogens (tertiary/aromatic N) is 3. The molecule has 4 rings (SSSR count). The first-order valence-corrected chi connectivity index (χ1v) is 9.62. The maximum atomic E-state index is 13.5. The standard InChI is InChI=1S/C22H21N3O6/c1-14-9-11-15(12-10-14)17-13-22(18(26)30-2,19(27)31-3)25-21(29)23(20(28)24(17)25)16-7-5-4-6-8-16/h4-12,17H,13H2,1-3H3. The maximum Gasteiger partial charge on any atom is 0.353 e. The van der Waals surface area contributed by atoms with Crippen molar-refractivity contribution < 1.29 is 19.1 Å². The molecule has 2 heterocycles. The van der Waals surface area contributed by atoms with E-state index < -0.39 is 34.9 Å². The smallest absolute Gasteiger partial charge is 0.353 e. The summed E-state index contributed by atoms with van der Waals surface area (Å²) in [5.41, 5.74) is -1.65. The molecule has 0 saturated carbocycles. The lowest BCUT2D eigenvalue weighted by Crippen LogP contribution is -2.53. The monoisotopic (exact) mass is 423 g/mol. The third-order valence-corrected chi connectivity index (χ3v) is 5.64. The van der Waals surface area contributed by atoms with Crippen molar-refractivity contribution in [1.29, 1.82) is 0 Å². The van der Waals surface area contributed by atoms with Crippen molar-refractivity contribution in [3.05, 3.63) is 86.7 Å². The van der Waals surface area contributed by atoms with Gasteiger partial charge in [0.2, 0.25) is 0 Å². The van der Waals surface area contributed by atoms with Gasteiger partial charge in [0.15, 0.2) is 0 Å². The average molecular weight is 423 g/mol. The highest BCUT2D eigenvalue weighted by Crippen LogP contribution is 2.39. The van der Waals surface area contributed by atoms with Gasteiger partial charge in [0.1, 0.15) is 0 Å². The summed E-state index contributed by atoms with van der Waals surface area (Å²) in [7, 11) is 2.24. The number of carbonyl (C=O) groups is 2. The van der Waals surface area contributed by atoms with Gasteiger partial charge in [0, 0.05) is 6.42 Å². The quantitative estimate of drug-likeness (QED) is 0.461. The van der Waals surface area contributed by atoms with Crippen LogP contribution >= 0.6 is 0 Å². The molecule has 0 fully saturated rings. The molecular formula is C22H21N3O6. The Kier molecular flexibility index (Phi) is 4.88. The molecule has 160 valence electrons. The number of ether oxygens (including phenoxy) is 2. The van der Waals surface area contributed by atoms with Crippen molar-refractivity contribution in [3.8, 4) is 5.69 Å². The minimum absolute atomic E-state index is 0.185. The Morgan fingerprint density at radius 2 is 1.48 bits per heavy atom. The molecule has 0 aliphatic carbocycles. The van der Waals surface area contributed by atoms with Crippen LogP contribution in [0.1, 0.15) is 23.6 Å². The maximum absolute atomic E-state index is 13.5. The molecule has 1 aliphatic rings. The van der Waals surface area contributed by atoms with Crippen molar-refractivity contribution in [2.45, 2.75) is 24.9 Å². The molecule has 0 spiro atoms. The van der Waals surface area contributed by atoms with Crippen molar-refractivity contribution in [2.75, 3.05) is 14.2 Å². The van der Waals surface area contributed by atoms with Crippen LogP contribution in [0.3, 0.4) is 0 Å². The number of para-hydroxylation sites is 1. The van der Waals surface area contributed by atoms with Gasteiger partial charge in [-0.25, -0.2) is 33.1 Å². The summed E-state index contributed by atoms with van der Waals surface area (Å²) in [4.78, 5) is 52.8. The van der Waals surface area contributed by atoms with Gasteiger partial charge < -0.3 is 9.47 Å². The number of esters is 2. The highest BCUT2D eigenvalue weighted by Gasteiger charge is 2.60. The summed E-state index contributed by atoms with van der Waals surface area (Å²) >= 11 is 0. The predicted octanol–water partition coefficient (Wildman–Crippen LogP) is 1.14. The van der Waals surface area contributed by atoms with Gasteiger partial charge in [-0.1, -0.05) is 48.0 Å². The summed E-state index contributed by atoms with van der Waals surface area (Å²) in [5.74, 6) is -1.95. The number of aryl methyl sites for hydroxylation is 1. The number of aromatic nitrogens is 3. The second kappa shape index (κ2) is 7.42. The third-order valence-electron chi connectivity index (χ3n) is 5.64. The van der Waals surface area contributed by atoms with Gasteiger partial charge in [-0.05, 0) is 24.6 Å². The molecule has 9 heteroatoms. The minimum Gasteiger partial charge on any atom is -0.467 e. The van der Waals surface area contributed by atoms with Gasteiger partial charge in [-0.3, -0.25) is 0 Å². The van der Waals surface area contributed by atoms with E-state index in [1.165, 1.54) is 0 Å². The third kappa shape index (κ3) is 2.84. The first-order chi connectivity index (χ1) is 14.9. The van der Waals surface area contributed by atoms with Crippen LogP contribution in [0.25, 0.3) is 5.69 Å². The van der Waals surface area contributed by atoms with E-state index in [1.807, 2.05) is 19.1 Å². The number of methoxy groups -OCH3 is 2. The number of benzene rings is 2. The van der Waals surface area contributed by atoms with Crippen LogP contribution < -0.4 is 11.4 Å². The predicted molar refractivity (Wildman–Crippen MR) is 110 cm³/mol. The molecule has 1 aromatic heterocycles. The summed E-state index contributed by atoms with van der Waals surface area (Å²) in [6, 6.07) is 14.8. The second-order valence-electron chi connectivity index (χ2n) is 7.37. The molecule has 1 unspecified atom stereocenters. The van der Waals surface area contributed by atoms with Crippen molar-refractivity contribution in [2.24, 2.45) is 0 Å². The summed E-state index contributed by atoms with van der Waals surface area (Å²) < 4.78 is 12.8. The first-order valence-electron chi connectivity index (χ1n) is 9.62. The summed E-state index contributed by atoms with van der Waals surface area (Å²) in [6.07, 6.45) is -0.185. The van der Waals surface area contributed by atoms with Crippen LogP contribution in [-0.2, 0) is 24.6 Å². The van der Waals surface area contributed by atoms with Gasteiger partial charge in [0.25, 0.3) is 5.54 Å². The lowest BCUT2D eigenvalue weighted by molar-refractivity contribution is -0.167.